The molecule has 2 heterocycles. The number of nitrogens with one attached hydrogen (secondary N) is 4. The second-order valence-electron chi connectivity index (χ2n) is 19.5. The molecular weight excluding hydrogens is 783 g/mol. The Balaban J connectivity index is 0.952. The number of aryl methyl sites for hydroxylation is 1. The molecule has 62 heavy (non-hydrogen) atoms. The summed E-state index contributed by atoms with van der Waals surface area (Å²) >= 11 is 0. The summed E-state index contributed by atoms with van der Waals surface area (Å²) in [6, 6.07) is 14.3. The highest BCUT2D eigenvalue weighted by Gasteiger charge is 2.68. The zero-order chi connectivity index (χ0) is 44.8. The molecule has 2 aromatic rings. The Labute approximate surface area is 369 Å². The predicted octanol–water partition coefficient (Wildman–Crippen LogP) is 4.66. The Morgan fingerprint density at radius 2 is 1.48 bits per heavy atom. The smallest absolute Gasteiger partial charge is 0.404 e. The van der Waals surface area contributed by atoms with Gasteiger partial charge in [-0.05, 0) is 145 Å². The van der Waals surface area contributed by atoms with Gasteiger partial charge in [-0.15, -0.1) is 0 Å². The van der Waals surface area contributed by atoms with Crippen molar-refractivity contribution in [2.45, 2.75) is 161 Å². The van der Waals surface area contributed by atoms with Crippen LogP contribution in [-0.4, -0.2) is 102 Å². The van der Waals surface area contributed by atoms with Gasteiger partial charge in [0.25, 0.3) is 0 Å². The van der Waals surface area contributed by atoms with Gasteiger partial charge in [0.2, 0.25) is 23.6 Å². The topological polar surface area (TPSA) is 184 Å². The number of likely N-dealkylation sites (tertiary alicyclic amines) is 1. The Kier molecular flexibility index (Phi) is 16.0. The average Bonchev–Trinajstić information content (AvgIpc) is 3.62. The molecule has 2 aliphatic heterocycles. The van der Waals surface area contributed by atoms with Crippen molar-refractivity contribution in [3.05, 3.63) is 59.7 Å². The lowest BCUT2D eigenvalue weighted by atomic mass is 9.43. The van der Waals surface area contributed by atoms with Gasteiger partial charge in [0, 0.05) is 12.5 Å². The fourth-order valence-corrected chi connectivity index (χ4v) is 10.3. The molecule has 2 saturated heterocycles. The lowest BCUT2D eigenvalue weighted by Gasteiger charge is -2.64. The standard InChI is InChI=1S/C48H73BN6O7/c1-8-9-12-33-14-18-35(19-15-33)36-20-16-34(17-21-36)29-55-25-22-37(23-26-55)44(58)54-42(31(3)56)46(60)51-30(2)43(57)53-39(13-10-11-24-50)45(59)52-32(4)49-61-41-28-38-27-40(47(38,5)6)48(41,7)62-49/h14-21,30-32,37-42,56H,8-13,22-29,50H2,1-7H3,(H,51,60)(H,52,59)(H,53,57)(H,54,58)/t30-,31+,32-,38-,39-,40-,41?,42-,48-/m0/s1. The van der Waals surface area contributed by atoms with Crippen LogP contribution < -0.4 is 27.0 Å². The minimum Gasteiger partial charge on any atom is -0.404 e. The molecule has 2 aromatic carbocycles. The van der Waals surface area contributed by atoms with Gasteiger partial charge in [-0.2, -0.15) is 0 Å². The fraction of sp³-hybridized carbons (Fsp3) is 0.667. The monoisotopic (exact) mass is 857 g/mol. The number of piperidine rings is 1. The number of hydrogen-bond donors (Lipinski definition) is 6. The molecule has 4 amide bonds. The molecule has 340 valence electrons. The number of hydrogen-bond acceptors (Lipinski definition) is 9. The van der Waals surface area contributed by atoms with Gasteiger partial charge >= 0.3 is 7.12 Å². The van der Waals surface area contributed by atoms with Crippen molar-refractivity contribution in [3.8, 4) is 11.1 Å². The van der Waals surface area contributed by atoms with E-state index >= 15 is 0 Å². The van der Waals surface area contributed by atoms with Crippen LogP contribution in [0.4, 0.5) is 0 Å². The molecule has 9 atom stereocenters. The van der Waals surface area contributed by atoms with Crippen molar-refractivity contribution < 1.29 is 33.6 Å². The summed E-state index contributed by atoms with van der Waals surface area (Å²) < 4.78 is 12.9. The van der Waals surface area contributed by atoms with E-state index in [0.717, 1.165) is 38.9 Å². The average molecular weight is 857 g/mol. The van der Waals surface area contributed by atoms with E-state index in [-0.39, 0.29) is 29.3 Å². The van der Waals surface area contributed by atoms with E-state index < -0.39 is 54.7 Å². The van der Waals surface area contributed by atoms with Crippen molar-refractivity contribution in [3.63, 3.8) is 0 Å². The number of carbonyl (C=O) groups excluding carboxylic acids is 4. The lowest BCUT2D eigenvalue weighted by molar-refractivity contribution is -0.199. The Morgan fingerprint density at radius 1 is 0.839 bits per heavy atom. The maximum Gasteiger partial charge on any atom is 0.481 e. The summed E-state index contributed by atoms with van der Waals surface area (Å²) in [5.41, 5.74) is 10.5. The number of nitrogens with two attached hydrogens (primary N) is 1. The zero-order valence-electron chi connectivity index (χ0n) is 38.2. The second kappa shape index (κ2) is 20.8. The van der Waals surface area contributed by atoms with Crippen molar-refractivity contribution in [1.82, 2.24) is 26.2 Å². The van der Waals surface area contributed by atoms with Crippen LogP contribution >= 0.6 is 0 Å². The van der Waals surface area contributed by atoms with Gasteiger partial charge in [0.15, 0.2) is 0 Å². The normalized spacial score (nSPS) is 25.6. The van der Waals surface area contributed by atoms with Crippen LogP contribution in [-0.2, 0) is 41.5 Å². The minimum absolute atomic E-state index is 0.0273. The summed E-state index contributed by atoms with van der Waals surface area (Å²) in [6.45, 7) is 16.4. The summed E-state index contributed by atoms with van der Waals surface area (Å²) in [7, 11) is -0.615. The second-order valence-corrected chi connectivity index (χ2v) is 19.5. The maximum atomic E-state index is 13.7. The molecular formula is C48H73BN6O7. The van der Waals surface area contributed by atoms with Crippen molar-refractivity contribution in [2.24, 2.45) is 28.9 Å². The van der Waals surface area contributed by atoms with Gasteiger partial charge in [-0.3, -0.25) is 24.1 Å². The third-order valence-corrected chi connectivity index (χ3v) is 14.6. The molecule has 5 aliphatic rings. The zero-order valence-corrected chi connectivity index (χ0v) is 38.2. The van der Waals surface area contributed by atoms with Gasteiger partial charge in [-0.1, -0.05) is 75.7 Å². The molecule has 3 saturated carbocycles. The van der Waals surface area contributed by atoms with E-state index in [2.05, 4.69) is 102 Å². The summed E-state index contributed by atoms with van der Waals surface area (Å²) in [5, 5.41) is 21.8. The predicted molar refractivity (Wildman–Crippen MR) is 242 cm³/mol. The number of benzene rings is 2. The largest absolute Gasteiger partial charge is 0.481 e. The molecule has 0 spiro atoms. The summed E-state index contributed by atoms with van der Waals surface area (Å²) in [6.07, 6.45) is 7.17. The third-order valence-electron chi connectivity index (χ3n) is 14.6. The molecule has 3 aliphatic carbocycles. The van der Waals surface area contributed by atoms with E-state index in [4.69, 9.17) is 15.0 Å². The maximum absolute atomic E-state index is 13.7. The Hall–Kier alpha value is -3.82. The van der Waals surface area contributed by atoms with E-state index in [0.29, 0.717) is 50.5 Å². The number of aliphatic hydroxyl groups excluding tert-OH is 1. The number of unbranched alkanes of at least 4 members (excludes halogenated alkanes) is 2. The highest BCUT2D eigenvalue weighted by Crippen LogP contribution is 2.65. The first-order valence-corrected chi connectivity index (χ1v) is 23.4. The molecule has 2 bridgehead atoms. The van der Waals surface area contributed by atoms with E-state index in [9.17, 15) is 24.3 Å². The number of amides is 4. The van der Waals surface area contributed by atoms with Crippen LogP contribution in [0.1, 0.15) is 117 Å². The van der Waals surface area contributed by atoms with Crippen molar-refractivity contribution >= 4 is 30.7 Å². The van der Waals surface area contributed by atoms with Crippen molar-refractivity contribution in [1.29, 1.82) is 0 Å². The highest BCUT2D eigenvalue weighted by molar-refractivity contribution is 6.47. The van der Waals surface area contributed by atoms with Crippen LogP contribution in [0, 0.1) is 23.2 Å². The SMILES string of the molecule is CCCCc1ccc(-c2ccc(CN3CCC(C(=O)N[C@H](C(=O)N[C@@H](C)C(=O)N[C@@H](CCCCN)C(=O)N[C@@H](C)B4OC5C[C@@H]6C[C@@H](C6(C)C)[C@]5(C)O4)[C@@H](C)O)CC3)cc2)cc1. The quantitative estimate of drug-likeness (QED) is 0.0815. The van der Waals surface area contributed by atoms with Crippen LogP contribution in [0.2, 0.25) is 0 Å². The molecule has 7 N–H and O–H groups in total. The number of aliphatic hydroxyl groups is 1. The fourth-order valence-electron chi connectivity index (χ4n) is 10.3. The van der Waals surface area contributed by atoms with Crippen LogP contribution in [0.15, 0.2) is 48.5 Å². The minimum atomic E-state index is -1.26. The molecule has 0 radical (unpaired) electrons. The first kappa shape index (κ1) is 47.7. The molecule has 5 fully saturated rings. The number of rotatable bonds is 20. The molecule has 7 rings (SSSR count). The lowest BCUT2D eigenvalue weighted by Crippen LogP contribution is -2.65. The summed E-state index contributed by atoms with van der Waals surface area (Å²) in [5.74, 6) is -1.74. The number of carbonyl (C=O) groups is 4. The molecule has 13 nitrogen and oxygen atoms in total. The van der Waals surface area contributed by atoms with Crippen LogP contribution in [0.25, 0.3) is 11.1 Å². The van der Waals surface area contributed by atoms with Gasteiger partial charge in [0.1, 0.15) is 18.1 Å². The van der Waals surface area contributed by atoms with E-state index in [1.165, 1.54) is 48.9 Å². The van der Waals surface area contributed by atoms with Gasteiger partial charge < -0.3 is 41.4 Å². The van der Waals surface area contributed by atoms with Crippen molar-refractivity contribution in [2.75, 3.05) is 19.6 Å². The highest BCUT2D eigenvalue weighted by atomic mass is 16.7. The Bertz CT molecular complexity index is 1840. The van der Waals surface area contributed by atoms with Gasteiger partial charge in [-0.25, -0.2) is 0 Å². The van der Waals surface area contributed by atoms with Gasteiger partial charge in [0.05, 0.1) is 23.8 Å². The molecule has 0 aromatic heterocycles. The van der Waals surface area contributed by atoms with E-state index in [1.807, 2.05) is 6.92 Å². The van der Waals surface area contributed by atoms with E-state index in [1.54, 1.807) is 0 Å². The molecule has 14 heteroatoms. The third kappa shape index (κ3) is 11.1. The molecule has 1 unspecified atom stereocenters. The van der Waals surface area contributed by atoms with Crippen LogP contribution in [0.5, 0.6) is 0 Å². The number of nitrogens with zero attached hydrogens (tertiary/aromatic N) is 1. The Morgan fingerprint density at radius 3 is 2.08 bits per heavy atom. The first-order valence-electron chi connectivity index (χ1n) is 23.4. The van der Waals surface area contributed by atoms with Crippen LogP contribution in [0.3, 0.4) is 0 Å². The summed E-state index contributed by atoms with van der Waals surface area (Å²) in [4.78, 5) is 56.4. The first-order chi connectivity index (χ1) is 29.5.